The molecule has 20 heavy (non-hydrogen) atoms. The molecule has 1 aromatic heterocycles. The van der Waals surface area contributed by atoms with Crippen molar-refractivity contribution in [2.75, 3.05) is 5.88 Å². The standard InChI is InChI=1S/C13H14ClF2N3O/c1-7(4-11(17)20)19-10-6-8(15)5-9(16)13(10)18-12(19)2-3-14/h5-7H,2-4H2,1H3,(H2,17,20). The van der Waals surface area contributed by atoms with E-state index in [1.807, 2.05) is 0 Å². The summed E-state index contributed by atoms with van der Waals surface area (Å²) in [6.45, 7) is 1.74. The van der Waals surface area contributed by atoms with Crippen molar-refractivity contribution >= 4 is 28.5 Å². The van der Waals surface area contributed by atoms with Crippen molar-refractivity contribution in [3.8, 4) is 0 Å². The molecule has 2 rings (SSSR count). The third-order valence-electron chi connectivity index (χ3n) is 3.04. The molecule has 108 valence electrons. The third-order valence-corrected chi connectivity index (χ3v) is 3.23. The zero-order valence-electron chi connectivity index (χ0n) is 10.9. The molecule has 0 saturated carbocycles. The highest BCUT2D eigenvalue weighted by atomic mass is 35.5. The first kappa shape index (κ1) is 14.7. The molecule has 2 aromatic rings. The quantitative estimate of drug-likeness (QED) is 0.863. The molecule has 2 N–H and O–H groups in total. The van der Waals surface area contributed by atoms with E-state index >= 15 is 0 Å². The molecule has 0 aliphatic rings. The van der Waals surface area contributed by atoms with Gasteiger partial charge in [0.05, 0.1) is 5.52 Å². The van der Waals surface area contributed by atoms with Crippen LogP contribution in [-0.4, -0.2) is 21.3 Å². The molecule has 1 unspecified atom stereocenters. The van der Waals surface area contributed by atoms with Gasteiger partial charge in [0.15, 0.2) is 5.82 Å². The maximum atomic E-state index is 13.8. The normalized spacial score (nSPS) is 12.8. The molecule has 0 radical (unpaired) electrons. The van der Waals surface area contributed by atoms with Gasteiger partial charge in [-0.15, -0.1) is 11.6 Å². The largest absolute Gasteiger partial charge is 0.370 e. The van der Waals surface area contributed by atoms with E-state index in [0.29, 0.717) is 17.8 Å². The van der Waals surface area contributed by atoms with Crippen LogP contribution in [0.25, 0.3) is 11.0 Å². The summed E-state index contributed by atoms with van der Waals surface area (Å²) in [4.78, 5) is 15.2. The topological polar surface area (TPSA) is 60.9 Å². The number of imidazole rings is 1. The number of carbonyl (C=O) groups excluding carboxylic acids is 1. The van der Waals surface area contributed by atoms with Crippen LogP contribution in [0.2, 0.25) is 0 Å². The Hall–Kier alpha value is -1.69. The zero-order chi connectivity index (χ0) is 14.9. The average Bonchev–Trinajstić information content (AvgIpc) is 2.67. The van der Waals surface area contributed by atoms with Gasteiger partial charge in [-0.1, -0.05) is 0 Å². The molecule has 1 aromatic carbocycles. The summed E-state index contributed by atoms with van der Waals surface area (Å²) in [5.74, 6) is -1.13. The van der Waals surface area contributed by atoms with Gasteiger partial charge in [0.1, 0.15) is 17.2 Å². The summed E-state index contributed by atoms with van der Waals surface area (Å²) >= 11 is 5.70. The highest BCUT2D eigenvalue weighted by molar-refractivity contribution is 6.17. The van der Waals surface area contributed by atoms with Gasteiger partial charge in [-0.05, 0) is 13.0 Å². The Morgan fingerprint density at radius 1 is 1.50 bits per heavy atom. The Kier molecular flexibility index (Phi) is 4.23. The molecule has 1 amide bonds. The Balaban J connectivity index is 2.64. The predicted octanol–water partition coefficient (Wildman–Crippen LogP) is 2.53. The number of hydrogen-bond donors (Lipinski definition) is 1. The Morgan fingerprint density at radius 3 is 2.80 bits per heavy atom. The van der Waals surface area contributed by atoms with Crippen LogP contribution in [0.5, 0.6) is 0 Å². The highest BCUT2D eigenvalue weighted by Crippen LogP contribution is 2.26. The number of aromatic nitrogens is 2. The molecule has 1 heterocycles. The minimum Gasteiger partial charge on any atom is -0.370 e. The number of nitrogens with two attached hydrogens (primary N) is 1. The van der Waals surface area contributed by atoms with E-state index in [9.17, 15) is 13.6 Å². The lowest BCUT2D eigenvalue weighted by Gasteiger charge is -2.16. The first-order valence-corrected chi connectivity index (χ1v) is 6.67. The third kappa shape index (κ3) is 2.75. The summed E-state index contributed by atoms with van der Waals surface area (Å²) in [5, 5.41) is 0. The average molecular weight is 302 g/mol. The fraction of sp³-hybridized carbons (Fsp3) is 0.385. The second-order valence-electron chi connectivity index (χ2n) is 4.61. The Morgan fingerprint density at radius 2 is 2.20 bits per heavy atom. The molecule has 0 aliphatic heterocycles. The number of halogens is 3. The number of fused-ring (bicyclic) bond motifs is 1. The Bertz CT molecular complexity index is 657. The molecule has 0 spiro atoms. The van der Waals surface area contributed by atoms with E-state index < -0.39 is 17.5 Å². The first-order valence-electron chi connectivity index (χ1n) is 6.14. The lowest BCUT2D eigenvalue weighted by molar-refractivity contribution is -0.118. The number of hydrogen-bond acceptors (Lipinski definition) is 2. The number of amides is 1. The van der Waals surface area contributed by atoms with Gasteiger partial charge >= 0.3 is 0 Å². The van der Waals surface area contributed by atoms with E-state index in [2.05, 4.69) is 4.98 Å². The fourth-order valence-electron chi connectivity index (χ4n) is 2.30. The first-order chi connectivity index (χ1) is 9.43. The zero-order valence-corrected chi connectivity index (χ0v) is 11.6. The van der Waals surface area contributed by atoms with Gasteiger partial charge in [0.25, 0.3) is 0 Å². The second kappa shape index (κ2) is 5.75. The number of benzene rings is 1. The smallest absolute Gasteiger partial charge is 0.219 e. The van der Waals surface area contributed by atoms with Crippen molar-refractivity contribution in [2.24, 2.45) is 5.73 Å². The molecular formula is C13H14ClF2N3O. The molecule has 4 nitrogen and oxygen atoms in total. The van der Waals surface area contributed by atoms with Crippen molar-refractivity contribution in [1.29, 1.82) is 0 Å². The Labute approximate surface area is 119 Å². The number of primary amides is 1. The minimum absolute atomic E-state index is 0.0544. The van der Waals surface area contributed by atoms with Crippen LogP contribution in [0.1, 0.15) is 25.2 Å². The van der Waals surface area contributed by atoms with Gasteiger partial charge in [0.2, 0.25) is 5.91 Å². The number of carbonyl (C=O) groups is 1. The number of rotatable bonds is 5. The predicted molar refractivity (Wildman–Crippen MR) is 72.6 cm³/mol. The van der Waals surface area contributed by atoms with E-state index in [1.54, 1.807) is 11.5 Å². The van der Waals surface area contributed by atoms with Crippen LogP contribution in [0.4, 0.5) is 8.78 Å². The summed E-state index contributed by atoms with van der Waals surface area (Å²) in [6, 6.07) is 1.63. The van der Waals surface area contributed by atoms with Gasteiger partial charge in [-0.2, -0.15) is 0 Å². The van der Waals surface area contributed by atoms with Crippen molar-refractivity contribution in [3.05, 3.63) is 29.6 Å². The molecule has 1 atom stereocenters. The van der Waals surface area contributed by atoms with Gasteiger partial charge in [0, 0.05) is 30.8 Å². The SMILES string of the molecule is CC(CC(N)=O)n1c(CCCl)nc2c(F)cc(F)cc21. The van der Waals surface area contributed by atoms with Crippen molar-refractivity contribution in [1.82, 2.24) is 9.55 Å². The fourth-order valence-corrected chi connectivity index (χ4v) is 2.47. The summed E-state index contributed by atoms with van der Waals surface area (Å²) in [7, 11) is 0. The van der Waals surface area contributed by atoms with Gasteiger partial charge in [-0.3, -0.25) is 4.79 Å². The lowest BCUT2D eigenvalue weighted by atomic mass is 10.2. The van der Waals surface area contributed by atoms with Crippen molar-refractivity contribution in [2.45, 2.75) is 25.8 Å². The number of aryl methyl sites for hydroxylation is 1. The van der Waals surface area contributed by atoms with Crippen LogP contribution in [0.15, 0.2) is 12.1 Å². The molecule has 7 heteroatoms. The molecule has 0 fully saturated rings. The minimum atomic E-state index is -0.735. The number of alkyl halides is 1. The summed E-state index contributed by atoms with van der Waals surface area (Å²) in [5.41, 5.74) is 5.55. The highest BCUT2D eigenvalue weighted by Gasteiger charge is 2.20. The van der Waals surface area contributed by atoms with Crippen LogP contribution < -0.4 is 5.73 Å². The van der Waals surface area contributed by atoms with Crippen LogP contribution in [0.3, 0.4) is 0 Å². The second-order valence-corrected chi connectivity index (χ2v) is 4.99. The monoisotopic (exact) mass is 301 g/mol. The maximum absolute atomic E-state index is 13.8. The van der Waals surface area contributed by atoms with Gasteiger partial charge in [-0.25, -0.2) is 13.8 Å². The van der Waals surface area contributed by atoms with E-state index in [4.69, 9.17) is 17.3 Å². The van der Waals surface area contributed by atoms with Crippen LogP contribution in [0, 0.1) is 11.6 Å². The van der Waals surface area contributed by atoms with E-state index in [-0.39, 0.29) is 23.9 Å². The molecule has 0 aliphatic carbocycles. The lowest BCUT2D eigenvalue weighted by Crippen LogP contribution is -2.19. The maximum Gasteiger partial charge on any atom is 0.219 e. The summed E-state index contributed by atoms with van der Waals surface area (Å²) in [6.07, 6.45) is 0.444. The van der Waals surface area contributed by atoms with Gasteiger partial charge < -0.3 is 10.3 Å². The number of nitrogens with zero attached hydrogens (tertiary/aromatic N) is 2. The molecular weight excluding hydrogens is 288 g/mol. The van der Waals surface area contributed by atoms with E-state index in [1.165, 1.54) is 6.07 Å². The van der Waals surface area contributed by atoms with Crippen molar-refractivity contribution < 1.29 is 13.6 Å². The molecule has 0 bridgehead atoms. The summed E-state index contributed by atoms with van der Waals surface area (Å²) < 4.78 is 28.8. The van der Waals surface area contributed by atoms with E-state index in [0.717, 1.165) is 6.07 Å². The molecule has 0 saturated heterocycles. The van der Waals surface area contributed by atoms with Crippen LogP contribution >= 0.6 is 11.6 Å². The van der Waals surface area contributed by atoms with Crippen molar-refractivity contribution in [3.63, 3.8) is 0 Å². The van der Waals surface area contributed by atoms with Crippen LogP contribution in [-0.2, 0) is 11.2 Å².